The fourth-order valence-electron chi connectivity index (χ4n) is 2.43. The predicted octanol–water partition coefficient (Wildman–Crippen LogP) is 1.75. The zero-order valence-electron chi connectivity index (χ0n) is 12.3. The number of rotatable bonds is 4. The van der Waals surface area contributed by atoms with E-state index in [1.807, 2.05) is 18.9 Å². The molecule has 1 aromatic heterocycles. The van der Waals surface area contributed by atoms with E-state index < -0.39 is 0 Å². The number of aromatic nitrogens is 2. The fraction of sp³-hybridized carbons (Fsp3) is 0.643. The van der Waals surface area contributed by atoms with Crippen molar-refractivity contribution in [3.8, 4) is 0 Å². The predicted molar refractivity (Wildman–Crippen MR) is 80.2 cm³/mol. The summed E-state index contributed by atoms with van der Waals surface area (Å²) < 4.78 is 0. The van der Waals surface area contributed by atoms with E-state index in [-0.39, 0.29) is 5.91 Å². The molecule has 110 valence electrons. The van der Waals surface area contributed by atoms with Gasteiger partial charge in [-0.2, -0.15) is 0 Å². The van der Waals surface area contributed by atoms with Gasteiger partial charge in [0.2, 0.25) is 5.91 Å². The minimum Gasteiger partial charge on any atom is -0.360 e. The number of aryl methyl sites for hydroxylation is 1. The average molecular weight is 297 g/mol. The first-order valence-electron chi connectivity index (χ1n) is 6.98. The Balaban J connectivity index is 2.31. The van der Waals surface area contributed by atoms with Gasteiger partial charge in [0.1, 0.15) is 11.6 Å². The van der Waals surface area contributed by atoms with Gasteiger partial charge in [0.15, 0.2) is 0 Å². The van der Waals surface area contributed by atoms with E-state index in [0.717, 1.165) is 35.9 Å². The van der Waals surface area contributed by atoms with Gasteiger partial charge in [-0.25, -0.2) is 9.97 Å². The Kier molecular flexibility index (Phi) is 4.81. The van der Waals surface area contributed by atoms with E-state index in [9.17, 15) is 4.79 Å². The zero-order valence-corrected chi connectivity index (χ0v) is 13.1. The number of hydrogen-bond donors (Lipinski definition) is 0. The third-order valence-electron chi connectivity index (χ3n) is 3.65. The smallest absolute Gasteiger partial charge is 0.224 e. The minimum absolute atomic E-state index is 0.108. The van der Waals surface area contributed by atoms with Crippen LogP contribution in [-0.4, -0.2) is 46.8 Å². The summed E-state index contributed by atoms with van der Waals surface area (Å²) in [6.07, 6.45) is 1.18. The third kappa shape index (κ3) is 3.03. The highest BCUT2D eigenvalue weighted by Crippen LogP contribution is 2.26. The first kappa shape index (κ1) is 15.0. The van der Waals surface area contributed by atoms with Crippen molar-refractivity contribution in [1.82, 2.24) is 14.9 Å². The van der Waals surface area contributed by atoms with Gasteiger partial charge in [0.25, 0.3) is 0 Å². The molecule has 0 unspecified atom stereocenters. The third-order valence-corrected chi connectivity index (χ3v) is 3.84. The van der Waals surface area contributed by atoms with Gasteiger partial charge in [0, 0.05) is 44.4 Å². The Bertz CT molecular complexity index is 506. The maximum Gasteiger partial charge on any atom is 0.224 e. The lowest BCUT2D eigenvalue weighted by Gasteiger charge is -2.31. The van der Waals surface area contributed by atoms with Crippen LogP contribution in [0.15, 0.2) is 0 Å². The molecule has 0 bridgehead atoms. The first-order chi connectivity index (χ1) is 9.56. The molecule has 2 rings (SSSR count). The number of amides is 1. The van der Waals surface area contributed by atoms with Crippen LogP contribution >= 0.6 is 11.6 Å². The van der Waals surface area contributed by atoms with Gasteiger partial charge in [-0.05, 0) is 13.8 Å². The summed E-state index contributed by atoms with van der Waals surface area (Å²) in [6.45, 7) is 6.18. The fourth-order valence-corrected chi connectivity index (χ4v) is 2.60. The molecule has 1 aliphatic rings. The molecule has 1 aliphatic heterocycles. The highest BCUT2D eigenvalue weighted by molar-refractivity contribution is 6.18. The number of hydrogen-bond acceptors (Lipinski definition) is 4. The van der Waals surface area contributed by atoms with Gasteiger partial charge in [-0.15, -0.1) is 11.6 Å². The molecule has 5 nitrogen and oxygen atoms in total. The second kappa shape index (κ2) is 6.39. The number of fused-ring (bicyclic) bond motifs is 1. The maximum atomic E-state index is 12.0. The Morgan fingerprint density at radius 2 is 2.20 bits per heavy atom. The van der Waals surface area contributed by atoms with Crippen molar-refractivity contribution in [1.29, 1.82) is 0 Å². The summed E-state index contributed by atoms with van der Waals surface area (Å²) in [5, 5.41) is 0. The molecule has 0 aliphatic carbocycles. The number of halogens is 1. The number of carbonyl (C=O) groups is 1. The van der Waals surface area contributed by atoms with E-state index in [1.165, 1.54) is 0 Å². The summed E-state index contributed by atoms with van der Waals surface area (Å²) in [5.41, 5.74) is 2.15. The van der Waals surface area contributed by atoms with E-state index in [1.54, 1.807) is 0 Å². The lowest BCUT2D eigenvalue weighted by atomic mass is 10.1. The van der Waals surface area contributed by atoms with Crippen molar-refractivity contribution in [2.45, 2.75) is 33.2 Å². The summed E-state index contributed by atoms with van der Waals surface area (Å²) >= 11 is 5.66. The lowest BCUT2D eigenvalue weighted by Crippen LogP contribution is -2.38. The molecule has 0 fully saturated rings. The minimum atomic E-state index is 0.108. The van der Waals surface area contributed by atoms with Gasteiger partial charge in [0.05, 0.1) is 12.2 Å². The Hall–Kier alpha value is -1.36. The topological polar surface area (TPSA) is 49.3 Å². The highest BCUT2D eigenvalue weighted by Gasteiger charge is 2.25. The Labute approximate surface area is 124 Å². The van der Waals surface area contributed by atoms with Crippen molar-refractivity contribution in [3.05, 3.63) is 17.1 Å². The van der Waals surface area contributed by atoms with Gasteiger partial charge in [-0.1, -0.05) is 0 Å². The lowest BCUT2D eigenvalue weighted by molar-refractivity contribution is -0.131. The summed E-state index contributed by atoms with van der Waals surface area (Å²) in [4.78, 5) is 25.0. The molecule has 1 amide bonds. The standard InChI is InChI=1S/C14H21ClN4O/c1-4-18(3)14-11-9-19(13(20)5-7-15)8-6-12(11)16-10(2)17-14/h4-9H2,1-3H3. The van der Waals surface area contributed by atoms with Crippen molar-refractivity contribution in [3.63, 3.8) is 0 Å². The van der Waals surface area contributed by atoms with Crippen LogP contribution in [0, 0.1) is 6.92 Å². The molecule has 6 heteroatoms. The molecule has 0 radical (unpaired) electrons. The molecular formula is C14H21ClN4O. The first-order valence-corrected chi connectivity index (χ1v) is 7.51. The number of alkyl halides is 1. The highest BCUT2D eigenvalue weighted by atomic mass is 35.5. The van der Waals surface area contributed by atoms with Crippen LogP contribution in [0.4, 0.5) is 5.82 Å². The molecule has 0 N–H and O–H groups in total. The number of nitrogens with zero attached hydrogens (tertiary/aromatic N) is 4. The van der Waals surface area contributed by atoms with Crippen LogP contribution in [0.2, 0.25) is 0 Å². The van der Waals surface area contributed by atoms with Crippen molar-refractivity contribution in [2.75, 3.05) is 30.9 Å². The van der Waals surface area contributed by atoms with Crippen LogP contribution in [0.1, 0.15) is 30.4 Å². The number of carbonyl (C=O) groups excluding carboxylic acids is 1. The van der Waals surface area contributed by atoms with Gasteiger partial charge < -0.3 is 9.80 Å². The molecule has 0 atom stereocenters. The van der Waals surface area contributed by atoms with E-state index in [2.05, 4.69) is 21.8 Å². The van der Waals surface area contributed by atoms with Crippen molar-refractivity contribution < 1.29 is 4.79 Å². The molecule has 20 heavy (non-hydrogen) atoms. The van der Waals surface area contributed by atoms with Crippen LogP contribution in [-0.2, 0) is 17.8 Å². The number of anilines is 1. The second-order valence-corrected chi connectivity index (χ2v) is 5.42. The molecule has 0 aromatic carbocycles. The zero-order chi connectivity index (χ0) is 14.7. The molecule has 0 spiro atoms. The Morgan fingerprint density at radius 1 is 1.45 bits per heavy atom. The van der Waals surface area contributed by atoms with E-state index in [4.69, 9.17) is 11.6 Å². The quantitative estimate of drug-likeness (QED) is 0.795. The van der Waals surface area contributed by atoms with Crippen molar-refractivity contribution >= 4 is 23.3 Å². The van der Waals surface area contributed by atoms with Crippen LogP contribution < -0.4 is 4.90 Å². The van der Waals surface area contributed by atoms with Crippen LogP contribution in [0.3, 0.4) is 0 Å². The van der Waals surface area contributed by atoms with Crippen LogP contribution in [0.5, 0.6) is 0 Å². The molecule has 2 heterocycles. The molecule has 0 saturated carbocycles. The van der Waals surface area contributed by atoms with Gasteiger partial charge in [-0.3, -0.25) is 4.79 Å². The van der Waals surface area contributed by atoms with Crippen LogP contribution in [0.25, 0.3) is 0 Å². The summed E-state index contributed by atoms with van der Waals surface area (Å²) in [5.74, 6) is 2.21. The largest absolute Gasteiger partial charge is 0.360 e. The molecule has 0 saturated heterocycles. The normalized spacial score (nSPS) is 14.1. The summed E-state index contributed by atoms with van der Waals surface area (Å²) in [7, 11) is 2.02. The van der Waals surface area contributed by atoms with Crippen molar-refractivity contribution in [2.24, 2.45) is 0 Å². The van der Waals surface area contributed by atoms with E-state index in [0.29, 0.717) is 25.4 Å². The Morgan fingerprint density at radius 3 is 2.85 bits per heavy atom. The molecular weight excluding hydrogens is 276 g/mol. The SMILES string of the molecule is CCN(C)c1nc(C)nc2c1CN(C(=O)CCCl)CC2. The maximum absolute atomic E-state index is 12.0. The second-order valence-electron chi connectivity index (χ2n) is 5.04. The monoisotopic (exact) mass is 296 g/mol. The summed E-state index contributed by atoms with van der Waals surface area (Å²) in [6, 6.07) is 0. The average Bonchev–Trinajstić information content (AvgIpc) is 2.45. The van der Waals surface area contributed by atoms with E-state index >= 15 is 0 Å². The van der Waals surface area contributed by atoms with Gasteiger partial charge >= 0.3 is 0 Å². The molecule has 1 aromatic rings.